The van der Waals surface area contributed by atoms with E-state index in [1.165, 1.54) is 7.11 Å². The van der Waals surface area contributed by atoms with Crippen molar-refractivity contribution >= 4 is 5.91 Å². The Morgan fingerprint density at radius 2 is 1.88 bits per heavy atom. The number of rotatable bonds is 6. The van der Waals surface area contributed by atoms with Gasteiger partial charge >= 0.3 is 6.18 Å². The third kappa shape index (κ3) is 7.17. The second-order valence-electron chi connectivity index (χ2n) is 4.29. The first-order chi connectivity index (χ1) is 7.61. The van der Waals surface area contributed by atoms with E-state index in [0.29, 0.717) is 4.90 Å². The second kappa shape index (κ2) is 6.20. The molecule has 0 saturated carbocycles. The van der Waals surface area contributed by atoms with E-state index in [4.69, 9.17) is 9.84 Å². The van der Waals surface area contributed by atoms with Gasteiger partial charge in [-0.15, -0.1) is 0 Å². The van der Waals surface area contributed by atoms with Crippen molar-refractivity contribution in [1.82, 2.24) is 4.90 Å². The number of aliphatic hydroxyl groups is 1. The third-order valence-electron chi connectivity index (χ3n) is 2.22. The van der Waals surface area contributed by atoms with E-state index in [1.807, 2.05) is 0 Å². The number of alkyl halides is 3. The molecule has 1 amide bonds. The molecule has 0 aromatic carbocycles. The van der Waals surface area contributed by atoms with Crippen LogP contribution in [0.15, 0.2) is 0 Å². The first-order valence-electron chi connectivity index (χ1n) is 5.12. The summed E-state index contributed by atoms with van der Waals surface area (Å²) in [6, 6.07) is 0. The van der Waals surface area contributed by atoms with Crippen molar-refractivity contribution in [3.63, 3.8) is 0 Å². The van der Waals surface area contributed by atoms with Gasteiger partial charge in [0.1, 0.15) is 6.54 Å². The number of halogens is 3. The predicted octanol–water partition coefficient (Wildman–Crippen LogP) is 1.18. The summed E-state index contributed by atoms with van der Waals surface area (Å²) in [5.74, 6) is -0.691. The van der Waals surface area contributed by atoms with Crippen LogP contribution in [0.3, 0.4) is 0 Å². The number of carbonyl (C=O) groups is 1. The van der Waals surface area contributed by atoms with Crippen LogP contribution in [0, 0.1) is 0 Å². The van der Waals surface area contributed by atoms with Gasteiger partial charge in [-0.25, -0.2) is 0 Å². The van der Waals surface area contributed by atoms with Gasteiger partial charge in [-0.1, -0.05) is 0 Å². The lowest BCUT2D eigenvalue weighted by atomic mass is 10.0. The van der Waals surface area contributed by atoms with Crippen molar-refractivity contribution in [3.8, 4) is 0 Å². The molecule has 0 heterocycles. The molecular formula is C10H18F3NO3. The molecule has 0 aliphatic heterocycles. The van der Waals surface area contributed by atoms with Crippen LogP contribution in [0.4, 0.5) is 13.2 Å². The van der Waals surface area contributed by atoms with Crippen molar-refractivity contribution in [3.05, 3.63) is 0 Å². The van der Waals surface area contributed by atoms with E-state index in [-0.39, 0.29) is 13.0 Å². The summed E-state index contributed by atoms with van der Waals surface area (Å²) in [6.45, 7) is 1.02. The van der Waals surface area contributed by atoms with Crippen LogP contribution < -0.4 is 0 Å². The molecular weight excluding hydrogens is 239 g/mol. The molecule has 4 nitrogen and oxygen atoms in total. The summed E-state index contributed by atoms with van der Waals surface area (Å²) in [4.78, 5) is 12.2. The molecule has 0 aromatic rings. The van der Waals surface area contributed by atoms with Crippen molar-refractivity contribution in [2.24, 2.45) is 0 Å². The maximum absolute atomic E-state index is 12.2. The minimum Gasteiger partial charge on any atom is -0.395 e. The molecule has 102 valence electrons. The van der Waals surface area contributed by atoms with Crippen molar-refractivity contribution in [2.45, 2.75) is 32.0 Å². The van der Waals surface area contributed by atoms with Crippen LogP contribution >= 0.6 is 0 Å². The zero-order chi connectivity index (χ0) is 13.7. The molecule has 0 aliphatic rings. The molecule has 0 fully saturated rings. The number of carbonyl (C=O) groups excluding carboxylic acids is 1. The molecule has 17 heavy (non-hydrogen) atoms. The van der Waals surface area contributed by atoms with Crippen LogP contribution in [-0.2, 0) is 9.53 Å². The molecule has 1 N–H and O–H groups in total. The van der Waals surface area contributed by atoms with E-state index in [0.717, 1.165) is 0 Å². The smallest absolute Gasteiger partial charge is 0.395 e. The first kappa shape index (κ1) is 16.2. The topological polar surface area (TPSA) is 49.8 Å². The molecule has 0 unspecified atom stereocenters. The lowest BCUT2D eigenvalue weighted by Gasteiger charge is -2.28. The zero-order valence-electron chi connectivity index (χ0n) is 10.2. The summed E-state index contributed by atoms with van der Waals surface area (Å²) in [5, 5.41) is 8.65. The molecule has 0 radical (unpaired) electrons. The minimum absolute atomic E-state index is 0.167. The van der Waals surface area contributed by atoms with Gasteiger partial charge in [0.25, 0.3) is 0 Å². The fourth-order valence-electron chi connectivity index (χ4n) is 1.18. The normalized spacial score (nSPS) is 12.6. The molecule has 7 heteroatoms. The Labute approximate surface area is 98.3 Å². The number of hydrogen-bond acceptors (Lipinski definition) is 3. The Kier molecular flexibility index (Phi) is 5.91. The van der Waals surface area contributed by atoms with Gasteiger partial charge in [-0.2, -0.15) is 13.2 Å². The highest BCUT2D eigenvalue weighted by Gasteiger charge is 2.34. The molecule has 0 aromatic heterocycles. The Morgan fingerprint density at radius 1 is 1.35 bits per heavy atom. The van der Waals surface area contributed by atoms with E-state index < -0.39 is 30.8 Å². The molecule has 0 saturated heterocycles. The van der Waals surface area contributed by atoms with Gasteiger partial charge in [0.15, 0.2) is 0 Å². The summed E-state index contributed by atoms with van der Waals surface area (Å²) in [7, 11) is 1.38. The highest BCUT2D eigenvalue weighted by Crippen LogP contribution is 2.19. The fraction of sp³-hybridized carbons (Fsp3) is 0.900. The number of ether oxygens (including phenoxy) is 1. The highest BCUT2D eigenvalue weighted by molar-refractivity contribution is 5.77. The van der Waals surface area contributed by atoms with Gasteiger partial charge in [0, 0.05) is 13.7 Å². The van der Waals surface area contributed by atoms with Crippen LogP contribution in [0.25, 0.3) is 0 Å². The minimum atomic E-state index is -4.47. The molecule has 0 aliphatic carbocycles. The molecule has 0 bridgehead atoms. The molecule has 0 atom stereocenters. The maximum atomic E-state index is 12.2. The maximum Gasteiger partial charge on any atom is 0.406 e. The zero-order valence-corrected chi connectivity index (χ0v) is 10.2. The van der Waals surface area contributed by atoms with Crippen LogP contribution in [0.1, 0.15) is 20.3 Å². The van der Waals surface area contributed by atoms with E-state index in [2.05, 4.69) is 0 Å². The van der Waals surface area contributed by atoms with Gasteiger partial charge in [0.05, 0.1) is 18.6 Å². The summed E-state index contributed by atoms with van der Waals surface area (Å²) in [5.41, 5.74) is -0.823. The second-order valence-corrected chi connectivity index (χ2v) is 4.29. The van der Waals surface area contributed by atoms with Crippen LogP contribution in [0.2, 0.25) is 0 Å². The van der Waals surface area contributed by atoms with Crippen molar-refractivity contribution in [1.29, 1.82) is 0 Å². The van der Waals surface area contributed by atoms with E-state index in [1.54, 1.807) is 13.8 Å². The number of hydrogen-bond donors (Lipinski definition) is 1. The number of nitrogens with zero attached hydrogens (tertiary/aromatic N) is 1. The first-order valence-corrected chi connectivity index (χ1v) is 5.12. The standard InChI is InChI=1S/C10H18F3NO3/c1-9(2,17-3)6-8(16)14(4-5-15)7-10(11,12)13/h15H,4-7H2,1-3H3. The van der Waals surface area contributed by atoms with Gasteiger partial charge in [0.2, 0.25) is 5.91 Å². The molecule has 0 spiro atoms. The lowest BCUT2D eigenvalue weighted by molar-refractivity contribution is -0.164. The Morgan fingerprint density at radius 3 is 2.24 bits per heavy atom. The Bertz CT molecular complexity index is 254. The van der Waals surface area contributed by atoms with E-state index in [9.17, 15) is 18.0 Å². The average Bonchev–Trinajstić information content (AvgIpc) is 2.14. The summed E-state index contributed by atoms with van der Waals surface area (Å²) >= 11 is 0. The number of amides is 1. The predicted molar refractivity (Wildman–Crippen MR) is 55.4 cm³/mol. The Hall–Kier alpha value is -0.820. The van der Waals surface area contributed by atoms with E-state index >= 15 is 0 Å². The van der Waals surface area contributed by atoms with Gasteiger partial charge < -0.3 is 14.7 Å². The summed E-state index contributed by atoms with van der Waals surface area (Å²) < 4.78 is 41.6. The summed E-state index contributed by atoms with van der Waals surface area (Å²) in [6.07, 6.45) is -4.64. The van der Waals surface area contributed by atoms with Crippen LogP contribution in [-0.4, -0.2) is 54.5 Å². The van der Waals surface area contributed by atoms with Gasteiger partial charge in [-0.3, -0.25) is 4.79 Å². The highest BCUT2D eigenvalue weighted by atomic mass is 19.4. The number of methoxy groups -OCH3 is 1. The number of aliphatic hydroxyl groups excluding tert-OH is 1. The largest absolute Gasteiger partial charge is 0.406 e. The quantitative estimate of drug-likeness (QED) is 0.777. The Balaban J connectivity index is 4.55. The van der Waals surface area contributed by atoms with Gasteiger partial charge in [-0.05, 0) is 13.8 Å². The average molecular weight is 257 g/mol. The lowest BCUT2D eigenvalue weighted by Crippen LogP contribution is -2.43. The molecule has 0 rings (SSSR count). The van der Waals surface area contributed by atoms with Crippen LogP contribution in [0.5, 0.6) is 0 Å². The third-order valence-corrected chi connectivity index (χ3v) is 2.22. The van der Waals surface area contributed by atoms with Crippen molar-refractivity contribution in [2.75, 3.05) is 26.8 Å². The van der Waals surface area contributed by atoms with Crippen molar-refractivity contribution < 1.29 is 27.8 Å². The monoisotopic (exact) mass is 257 g/mol. The fourth-order valence-corrected chi connectivity index (χ4v) is 1.18. The SMILES string of the molecule is COC(C)(C)CC(=O)N(CCO)CC(F)(F)F.